The van der Waals surface area contributed by atoms with E-state index in [2.05, 4.69) is 21.4 Å². The predicted octanol–water partition coefficient (Wildman–Crippen LogP) is 4.08. The molecule has 0 aliphatic heterocycles. The molecule has 0 aliphatic carbocycles. The first-order chi connectivity index (χ1) is 8.93. The van der Waals surface area contributed by atoms with Gasteiger partial charge in [-0.25, -0.2) is 5.43 Å². The lowest BCUT2D eigenvalue weighted by molar-refractivity contribution is -0.137. The zero-order valence-electron chi connectivity index (χ0n) is 9.54. The minimum atomic E-state index is -4.36. The van der Waals surface area contributed by atoms with E-state index in [0.29, 0.717) is 5.56 Å². The quantitative estimate of drug-likeness (QED) is 0.646. The maximum absolute atomic E-state index is 12.7. The van der Waals surface area contributed by atoms with Gasteiger partial charge in [0.25, 0.3) is 0 Å². The molecule has 2 aromatic rings. The van der Waals surface area contributed by atoms with E-state index in [1.807, 2.05) is 10.8 Å². The molecule has 0 spiro atoms. The zero-order valence-corrected chi connectivity index (χ0v) is 11.9. The van der Waals surface area contributed by atoms with E-state index in [1.165, 1.54) is 17.4 Å². The van der Waals surface area contributed by atoms with Crippen molar-refractivity contribution in [3.05, 3.63) is 56.2 Å². The maximum Gasteiger partial charge on any atom is 0.416 e. The van der Waals surface area contributed by atoms with Crippen molar-refractivity contribution in [1.29, 1.82) is 0 Å². The lowest BCUT2D eigenvalue weighted by Crippen LogP contribution is -2.29. The highest BCUT2D eigenvalue weighted by Gasteiger charge is 2.31. The van der Waals surface area contributed by atoms with Crippen molar-refractivity contribution in [3.63, 3.8) is 0 Å². The molecule has 2 nitrogen and oxygen atoms in total. The van der Waals surface area contributed by atoms with Gasteiger partial charge in [-0.3, -0.25) is 5.84 Å². The van der Waals surface area contributed by atoms with Crippen LogP contribution in [0.15, 0.2) is 39.5 Å². The number of hydrogen-bond acceptors (Lipinski definition) is 3. The third-order valence-corrected chi connectivity index (χ3v) is 4.42. The van der Waals surface area contributed by atoms with Crippen molar-refractivity contribution in [2.45, 2.75) is 12.2 Å². The van der Waals surface area contributed by atoms with Gasteiger partial charge in [-0.15, -0.1) is 0 Å². The van der Waals surface area contributed by atoms with Gasteiger partial charge < -0.3 is 0 Å². The summed E-state index contributed by atoms with van der Waals surface area (Å²) in [6, 6.07) is 4.66. The van der Waals surface area contributed by atoms with E-state index >= 15 is 0 Å². The molecule has 0 amide bonds. The van der Waals surface area contributed by atoms with Gasteiger partial charge in [-0.05, 0) is 44.6 Å². The number of thiophene rings is 1. The lowest BCUT2D eigenvalue weighted by Gasteiger charge is -2.17. The summed E-state index contributed by atoms with van der Waals surface area (Å²) in [6.45, 7) is 0. The second-order valence-electron chi connectivity index (χ2n) is 3.90. The molecule has 0 radical (unpaired) electrons. The third-order valence-electron chi connectivity index (χ3n) is 2.67. The van der Waals surface area contributed by atoms with Crippen molar-refractivity contribution in [2.24, 2.45) is 5.84 Å². The zero-order chi connectivity index (χ0) is 14.0. The van der Waals surface area contributed by atoms with Gasteiger partial charge in [0.2, 0.25) is 0 Å². The molecule has 102 valence electrons. The summed E-state index contributed by atoms with van der Waals surface area (Å²) in [7, 11) is 0. The second kappa shape index (κ2) is 5.62. The molecule has 1 heterocycles. The lowest BCUT2D eigenvalue weighted by atomic mass is 10.00. The molecule has 0 saturated heterocycles. The summed E-state index contributed by atoms with van der Waals surface area (Å²) in [6.07, 6.45) is -4.36. The predicted molar refractivity (Wildman–Crippen MR) is 72.6 cm³/mol. The van der Waals surface area contributed by atoms with Crippen LogP contribution in [0.3, 0.4) is 0 Å². The van der Waals surface area contributed by atoms with Gasteiger partial charge in [-0.2, -0.15) is 24.5 Å². The standard InChI is InChI=1S/C12H10BrF3N2S/c13-10-6-19-5-9(10)11(18-17)7-2-1-3-8(4-7)12(14,15)16/h1-6,11,18H,17H2. The van der Waals surface area contributed by atoms with E-state index in [1.54, 1.807) is 6.07 Å². The SMILES string of the molecule is NNC(c1cccc(C(F)(F)F)c1)c1cscc1Br. The van der Waals surface area contributed by atoms with Crippen molar-refractivity contribution in [2.75, 3.05) is 0 Å². The minimum Gasteiger partial charge on any atom is -0.271 e. The van der Waals surface area contributed by atoms with Gasteiger partial charge in [0.15, 0.2) is 0 Å². The van der Waals surface area contributed by atoms with E-state index in [4.69, 9.17) is 5.84 Å². The molecule has 0 saturated carbocycles. The first kappa shape index (κ1) is 14.5. The largest absolute Gasteiger partial charge is 0.416 e. The van der Waals surface area contributed by atoms with Crippen LogP contribution in [0.5, 0.6) is 0 Å². The summed E-state index contributed by atoms with van der Waals surface area (Å²) in [5.74, 6) is 5.48. The molecule has 1 unspecified atom stereocenters. The molecule has 2 rings (SSSR count). The molecule has 3 N–H and O–H groups in total. The van der Waals surface area contributed by atoms with Crippen molar-refractivity contribution in [1.82, 2.24) is 5.43 Å². The Hall–Kier alpha value is -0.890. The first-order valence-corrected chi connectivity index (χ1v) is 7.02. The van der Waals surface area contributed by atoms with Crippen LogP contribution in [0.25, 0.3) is 0 Å². The molecule has 0 aliphatic rings. The van der Waals surface area contributed by atoms with E-state index < -0.39 is 17.8 Å². The summed E-state index contributed by atoms with van der Waals surface area (Å²) in [5, 5.41) is 3.70. The van der Waals surface area contributed by atoms with Gasteiger partial charge in [-0.1, -0.05) is 12.1 Å². The fourth-order valence-electron chi connectivity index (χ4n) is 1.76. The average Bonchev–Trinajstić information content (AvgIpc) is 2.76. The van der Waals surface area contributed by atoms with Crippen LogP contribution >= 0.6 is 27.3 Å². The summed E-state index contributed by atoms with van der Waals surface area (Å²) < 4.78 is 38.9. The molecule has 0 bridgehead atoms. The smallest absolute Gasteiger partial charge is 0.271 e. The molecule has 0 fully saturated rings. The minimum absolute atomic E-state index is 0.469. The number of nitrogens with one attached hydrogen (secondary N) is 1. The van der Waals surface area contributed by atoms with Crippen molar-refractivity contribution in [3.8, 4) is 0 Å². The molecule has 1 aromatic heterocycles. The highest BCUT2D eigenvalue weighted by Crippen LogP contribution is 2.34. The van der Waals surface area contributed by atoms with E-state index in [9.17, 15) is 13.2 Å². The average molecular weight is 351 g/mol. The Balaban J connectivity index is 2.42. The van der Waals surface area contributed by atoms with Crippen molar-refractivity contribution < 1.29 is 13.2 Å². The number of hydrogen-bond donors (Lipinski definition) is 2. The first-order valence-electron chi connectivity index (χ1n) is 5.28. The van der Waals surface area contributed by atoms with Crippen LogP contribution in [-0.2, 0) is 6.18 Å². The number of benzene rings is 1. The van der Waals surface area contributed by atoms with Crippen LogP contribution in [0, 0.1) is 0 Å². The van der Waals surface area contributed by atoms with Gasteiger partial charge in [0.1, 0.15) is 0 Å². The Morgan fingerprint density at radius 2 is 2.00 bits per heavy atom. The number of alkyl halides is 3. The van der Waals surface area contributed by atoms with E-state index in [-0.39, 0.29) is 0 Å². The topological polar surface area (TPSA) is 38.0 Å². The molecule has 7 heteroatoms. The monoisotopic (exact) mass is 350 g/mol. The Labute approximate surface area is 120 Å². The summed E-state index contributed by atoms with van der Waals surface area (Å²) in [5.41, 5.74) is 3.15. The number of nitrogens with two attached hydrogens (primary N) is 1. The van der Waals surface area contributed by atoms with E-state index in [0.717, 1.165) is 22.2 Å². The van der Waals surface area contributed by atoms with Gasteiger partial charge in [0, 0.05) is 9.85 Å². The van der Waals surface area contributed by atoms with Crippen LogP contribution in [-0.4, -0.2) is 0 Å². The number of hydrazine groups is 1. The number of rotatable bonds is 3. The molecular weight excluding hydrogens is 341 g/mol. The Morgan fingerprint density at radius 1 is 1.26 bits per heavy atom. The fraction of sp³-hybridized carbons (Fsp3) is 0.167. The molecular formula is C12H10BrF3N2S. The molecule has 1 atom stereocenters. The van der Waals surface area contributed by atoms with Crippen LogP contribution in [0.2, 0.25) is 0 Å². The third kappa shape index (κ3) is 3.17. The van der Waals surface area contributed by atoms with Gasteiger partial charge in [0.05, 0.1) is 11.6 Å². The highest BCUT2D eigenvalue weighted by atomic mass is 79.9. The summed E-state index contributed by atoms with van der Waals surface area (Å²) >= 11 is 4.81. The second-order valence-corrected chi connectivity index (χ2v) is 5.50. The Kier molecular flexibility index (Phi) is 4.29. The van der Waals surface area contributed by atoms with Crippen LogP contribution in [0.4, 0.5) is 13.2 Å². The molecule has 1 aromatic carbocycles. The van der Waals surface area contributed by atoms with Crippen molar-refractivity contribution >= 4 is 27.3 Å². The number of halogens is 4. The normalized spacial score (nSPS) is 13.5. The van der Waals surface area contributed by atoms with Gasteiger partial charge >= 0.3 is 6.18 Å². The highest BCUT2D eigenvalue weighted by molar-refractivity contribution is 9.10. The molecule has 19 heavy (non-hydrogen) atoms. The maximum atomic E-state index is 12.7. The summed E-state index contributed by atoms with van der Waals surface area (Å²) in [4.78, 5) is 0. The van der Waals surface area contributed by atoms with Crippen LogP contribution < -0.4 is 11.3 Å². The fourth-order valence-corrected chi connectivity index (χ4v) is 3.31. The Bertz CT molecular complexity index is 568. The Morgan fingerprint density at radius 3 is 2.53 bits per heavy atom. The van der Waals surface area contributed by atoms with Crippen LogP contribution in [0.1, 0.15) is 22.7 Å².